The lowest BCUT2D eigenvalue weighted by Gasteiger charge is -2.10. The van der Waals surface area contributed by atoms with E-state index in [4.69, 9.17) is 27.9 Å². The third-order valence-corrected chi connectivity index (χ3v) is 4.89. The summed E-state index contributed by atoms with van der Waals surface area (Å²) in [6.07, 6.45) is 0. The fourth-order valence-corrected chi connectivity index (χ4v) is 3.04. The Morgan fingerprint density at radius 3 is 2.13 bits per heavy atom. The fourth-order valence-electron chi connectivity index (χ4n) is 2.71. The highest BCUT2D eigenvalue weighted by Crippen LogP contribution is 2.18. The van der Waals surface area contributed by atoms with Crippen molar-refractivity contribution in [1.82, 2.24) is 5.32 Å². The van der Waals surface area contributed by atoms with Crippen molar-refractivity contribution in [2.24, 2.45) is 0 Å². The molecule has 0 unspecified atom stereocenters. The molecule has 0 aliphatic heterocycles. The Balaban J connectivity index is 1.63. The number of ketones is 1. The van der Waals surface area contributed by atoms with E-state index in [9.17, 15) is 14.4 Å². The van der Waals surface area contributed by atoms with E-state index in [-0.39, 0.29) is 23.5 Å². The average Bonchev–Trinajstić information content (AvgIpc) is 2.77. The first-order chi connectivity index (χ1) is 14.5. The van der Waals surface area contributed by atoms with Gasteiger partial charge in [0, 0.05) is 27.7 Å². The Bertz CT molecular complexity index is 1080. The highest BCUT2D eigenvalue weighted by Gasteiger charge is 2.20. The van der Waals surface area contributed by atoms with Crippen molar-refractivity contribution >= 4 is 40.9 Å². The van der Waals surface area contributed by atoms with Gasteiger partial charge in [-0.05, 0) is 42.0 Å². The minimum absolute atomic E-state index is 0.0800. The van der Waals surface area contributed by atoms with Crippen LogP contribution >= 0.6 is 23.2 Å². The Kier molecular flexibility index (Phi) is 7.22. The van der Waals surface area contributed by atoms with Crippen molar-refractivity contribution in [2.75, 3.05) is 6.61 Å². The molecule has 0 aliphatic rings. The average molecular weight is 442 g/mol. The molecule has 0 atom stereocenters. The number of benzene rings is 3. The van der Waals surface area contributed by atoms with Crippen molar-refractivity contribution in [3.05, 3.63) is 105 Å². The van der Waals surface area contributed by atoms with Crippen LogP contribution in [0.4, 0.5) is 0 Å². The minimum atomic E-state index is -0.763. The summed E-state index contributed by atoms with van der Waals surface area (Å²) in [5.41, 5.74) is 1.40. The zero-order valence-corrected chi connectivity index (χ0v) is 17.2. The molecule has 0 aromatic heterocycles. The van der Waals surface area contributed by atoms with Gasteiger partial charge in [0.05, 0.1) is 5.56 Å². The highest BCUT2D eigenvalue weighted by atomic mass is 35.5. The maximum atomic E-state index is 12.8. The Labute approximate surface area is 183 Å². The second-order valence-electron chi connectivity index (χ2n) is 6.33. The van der Waals surface area contributed by atoms with Crippen molar-refractivity contribution in [3.8, 4) is 0 Å². The van der Waals surface area contributed by atoms with E-state index in [2.05, 4.69) is 5.32 Å². The molecule has 5 nitrogen and oxygen atoms in total. The molecule has 7 heteroatoms. The number of amides is 1. The van der Waals surface area contributed by atoms with E-state index in [0.717, 1.165) is 5.56 Å². The van der Waals surface area contributed by atoms with Gasteiger partial charge >= 0.3 is 5.97 Å². The Morgan fingerprint density at radius 1 is 0.800 bits per heavy atom. The predicted molar refractivity (Wildman–Crippen MR) is 115 cm³/mol. The molecule has 0 saturated heterocycles. The SMILES string of the molecule is O=C(COC(=O)c1ccccc1C(=O)c1ccc(Cl)cc1)NCc1ccccc1Cl. The summed E-state index contributed by atoms with van der Waals surface area (Å²) in [7, 11) is 0. The van der Waals surface area contributed by atoms with Crippen LogP contribution in [0.2, 0.25) is 10.0 Å². The molecular formula is C23H17Cl2NO4. The first-order valence-electron chi connectivity index (χ1n) is 9.02. The van der Waals surface area contributed by atoms with Gasteiger partial charge in [-0.15, -0.1) is 0 Å². The summed E-state index contributed by atoms with van der Waals surface area (Å²) >= 11 is 11.9. The minimum Gasteiger partial charge on any atom is -0.452 e. The van der Waals surface area contributed by atoms with Crippen LogP contribution in [0.5, 0.6) is 0 Å². The number of halogens is 2. The van der Waals surface area contributed by atoms with Gasteiger partial charge in [-0.25, -0.2) is 4.79 Å². The first kappa shape index (κ1) is 21.6. The molecule has 1 amide bonds. The van der Waals surface area contributed by atoms with Crippen LogP contribution in [0.3, 0.4) is 0 Å². The molecule has 152 valence electrons. The maximum Gasteiger partial charge on any atom is 0.339 e. The summed E-state index contributed by atoms with van der Waals surface area (Å²) in [6, 6.07) is 19.7. The van der Waals surface area contributed by atoms with E-state index < -0.39 is 18.5 Å². The molecule has 0 radical (unpaired) electrons. The topological polar surface area (TPSA) is 72.5 Å². The standard InChI is InChI=1S/C23H17Cl2NO4/c24-17-11-9-15(10-12-17)22(28)18-6-2-3-7-19(18)23(29)30-14-21(27)26-13-16-5-1-4-8-20(16)25/h1-12H,13-14H2,(H,26,27). The van der Waals surface area contributed by atoms with E-state index in [1.165, 1.54) is 12.1 Å². The number of ether oxygens (including phenoxy) is 1. The van der Waals surface area contributed by atoms with Gasteiger partial charge < -0.3 is 10.1 Å². The lowest BCUT2D eigenvalue weighted by Crippen LogP contribution is -2.28. The summed E-state index contributed by atoms with van der Waals surface area (Å²) in [6.45, 7) is -0.269. The summed E-state index contributed by atoms with van der Waals surface area (Å²) in [5.74, 6) is -1.59. The summed E-state index contributed by atoms with van der Waals surface area (Å²) < 4.78 is 5.10. The van der Waals surface area contributed by atoms with Crippen molar-refractivity contribution in [2.45, 2.75) is 6.54 Å². The zero-order valence-electron chi connectivity index (χ0n) is 15.7. The molecule has 0 bridgehead atoms. The van der Waals surface area contributed by atoms with E-state index >= 15 is 0 Å². The van der Waals surface area contributed by atoms with Gasteiger partial charge in [-0.3, -0.25) is 9.59 Å². The summed E-state index contributed by atoms with van der Waals surface area (Å²) in [5, 5.41) is 3.67. The highest BCUT2D eigenvalue weighted by molar-refractivity contribution is 6.31. The number of hydrogen-bond donors (Lipinski definition) is 1. The molecule has 0 heterocycles. The van der Waals surface area contributed by atoms with Gasteiger partial charge in [0.25, 0.3) is 5.91 Å². The van der Waals surface area contributed by atoms with Crippen LogP contribution in [0.15, 0.2) is 72.8 Å². The third-order valence-electron chi connectivity index (χ3n) is 4.27. The van der Waals surface area contributed by atoms with Gasteiger partial charge in [-0.2, -0.15) is 0 Å². The number of carbonyl (C=O) groups is 3. The molecule has 30 heavy (non-hydrogen) atoms. The Hall–Kier alpha value is -3.15. The van der Waals surface area contributed by atoms with Gasteiger partial charge in [0.15, 0.2) is 12.4 Å². The number of rotatable bonds is 7. The molecule has 0 saturated carbocycles. The van der Waals surface area contributed by atoms with E-state index in [1.807, 2.05) is 6.07 Å². The maximum absolute atomic E-state index is 12.8. The van der Waals surface area contributed by atoms with Crippen LogP contribution < -0.4 is 5.32 Å². The summed E-state index contributed by atoms with van der Waals surface area (Å²) in [4.78, 5) is 37.3. The lowest BCUT2D eigenvalue weighted by molar-refractivity contribution is -0.124. The molecule has 0 spiro atoms. The molecule has 0 aliphatic carbocycles. The number of hydrogen-bond acceptors (Lipinski definition) is 4. The van der Waals surface area contributed by atoms with Crippen LogP contribution in [0, 0.1) is 0 Å². The fraction of sp³-hybridized carbons (Fsp3) is 0.0870. The quantitative estimate of drug-likeness (QED) is 0.426. The van der Waals surface area contributed by atoms with Crippen LogP contribution in [-0.2, 0) is 16.1 Å². The van der Waals surface area contributed by atoms with Crippen molar-refractivity contribution < 1.29 is 19.1 Å². The molecule has 0 fully saturated rings. The Morgan fingerprint density at radius 2 is 1.43 bits per heavy atom. The van der Waals surface area contributed by atoms with Crippen molar-refractivity contribution in [3.63, 3.8) is 0 Å². The second-order valence-corrected chi connectivity index (χ2v) is 7.17. The van der Waals surface area contributed by atoms with E-state index in [1.54, 1.807) is 54.6 Å². The second kappa shape index (κ2) is 10.1. The monoisotopic (exact) mass is 441 g/mol. The van der Waals surface area contributed by atoms with Crippen LogP contribution in [-0.4, -0.2) is 24.3 Å². The lowest BCUT2D eigenvalue weighted by atomic mass is 9.98. The number of esters is 1. The van der Waals surface area contributed by atoms with Crippen molar-refractivity contribution in [1.29, 1.82) is 0 Å². The predicted octanol–water partition coefficient (Wildman–Crippen LogP) is 4.70. The van der Waals surface area contributed by atoms with Gasteiger partial charge in [-0.1, -0.05) is 59.6 Å². The van der Waals surface area contributed by atoms with Crippen LogP contribution in [0.1, 0.15) is 31.8 Å². The van der Waals surface area contributed by atoms with Crippen LogP contribution in [0.25, 0.3) is 0 Å². The molecular weight excluding hydrogens is 425 g/mol. The molecule has 1 N–H and O–H groups in total. The van der Waals surface area contributed by atoms with E-state index in [0.29, 0.717) is 15.6 Å². The first-order valence-corrected chi connectivity index (χ1v) is 9.78. The molecule has 3 rings (SSSR count). The number of carbonyl (C=O) groups excluding carboxylic acids is 3. The molecule has 3 aromatic rings. The largest absolute Gasteiger partial charge is 0.452 e. The smallest absolute Gasteiger partial charge is 0.339 e. The third kappa shape index (κ3) is 5.47. The number of nitrogens with one attached hydrogen (secondary N) is 1. The molecule has 3 aromatic carbocycles. The van der Waals surface area contributed by atoms with Gasteiger partial charge in [0.1, 0.15) is 0 Å². The normalized spacial score (nSPS) is 10.3. The van der Waals surface area contributed by atoms with Gasteiger partial charge in [0.2, 0.25) is 0 Å². The zero-order chi connectivity index (χ0) is 21.5.